The molecule has 1 aromatic rings. The molecule has 0 spiro atoms. The Morgan fingerprint density at radius 2 is 2.39 bits per heavy atom. The Labute approximate surface area is 110 Å². The molecule has 0 radical (unpaired) electrons. The number of carbonyl (C=O) groups excluding carboxylic acids is 1. The third-order valence-electron chi connectivity index (χ3n) is 2.75. The maximum absolute atomic E-state index is 11.5. The van der Waals surface area contributed by atoms with Gasteiger partial charge in [-0.15, -0.1) is 0 Å². The Morgan fingerprint density at radius 1 is 1.61 bits per heavy atom. The molecule has 2 rings (SSSR count). The monoisotopic (exact) mass is 271 g/mol. The van der Waals surface area contributed by atoms with Gasteiger partial charge < -0.3 is 14.4 Å². The van der Waals surface area contributed by atoms with E-state index in [2.05, 4.69) is 23.2 Å². The van der Waals surface area contributed by atoms with Crippen LogP contribution in [0.2, 0.25) is 0 Å². The zero-order valence-electron chi connectivity index (χ0n) is 10.8. The van der Waals surface area contributed by atoms with Gasteiger partial charge in [0.15, 0.2) is 6.10 Å². The van der Waals surface area contributed by atoms with Gasteiger partial charge in [0.05, 0.1) is 20.3 Å². The van der Waals surface area contributed by atoms with Crippen LogP contribution >= 0.6 is 11.5 Å². The van der Waals surface area contributed by atoms with Crippen molar-refractivity contribution in [3.63, 3.8) is 0 Å². The Kier molecular flexibility index (Phi) is 4.13. The summed E-state index contributed by atoms with van der Waals surface area (Å²) in [5, 5.41) is 0.843. The van der Waals surface area contributed by atoms with Gasteiger partial charge >= 0.3 is 5.97 Å². The minimum Gasteiger partial charge on any atom is -0.467 e. The first-order valence-corrected chi connectivity index (χ1v) is 6.67. The molecular formula is C11H17N3O3S. The quantitative estimate of drug-likeness (QED) is 0.765. The molecule has 7 heteroatoms. The summed E-state index contributed by atoms with van der Waals surface area (Å²) in [6.07, 6.45) is -0.532. The summed E-state index contributed by atoms with van der Waals surface area (Å²) >= 11 is 1.36. The average Bonchev–Trinajstić information content (AvgIpc) is 2.88. The highest BCUT2D eigenvalue weighted by Crippen LogP contribution is 2.23. The summed E-state index contributed by atoms with van der Waals surface area (Å²) < 4.78 is 14.4. The maximum Gasteiger partial charge on any atom is 0.336 e. The van der Waals surface area contributed by atoms with E-state index in [0.29, 0.717) is 19.1 Å². The van der Waals surface area contributed by atoms with E-state index in [1.165, 1.54) is 18.6 Å². The molecular weight excluding hydrogens is 254 g/mol. The lowest BCUT2D eigenvalue weighted by atomic mass is 10.2. The van der Waals surface area contributed by atoms with Gasteiger partial charge in [-0.1, -0.05) is 13.8 Å². The van der Waals surface area contributed by atoms with Crippen LogP contribution in [0.15, 0.2) is 0 Å². The molecule has 0 aliphatic carbocycles. The first kappa shape index (κ1) is 13.2. The molecule has 0 amide bonds. The number of morpholine rings is 1. The van der Waals surface area contributed by atoms with E-state index >= 15 is 0 Å². The van der Waals surface area contributed by atoms with Crippen LogP contribution in [-0.4, -0.2) is 48.2 Å². The minimum atomic E-state index is -0.532. The van der Waals surface area contributed by atoms with Crippen molar-refractivity contribution in [3.8, 4) is 0 Å². The van der Waals surface area contributed by atoms with Crippen LogP contribution in [0.5, 0.6) is 0 Å². The number of ether oxygens (including phenoxy) is 2. The van der Waals surface area contributed by atoms with Crippen molar-refractivity contribution >= 4 is 22.6 Å². The second-order valence-corrected chi connectivity index (χ2v) is 5.15. The number of aromatic nitrogens is 2. The Morgan fingerprint density at radius 3 is 3.00 bits per heavy atom. The molecule has 18 heavy (non-hydrogen) atoms. The van der Waals surface area contributed by atoms with Crippen molar-refractivity contribution in [2.75, 3.05) is 31.7 Å². The standard InChI is InChI=1S/C11H17N3O3S/c1-7(2)9-12-11(18-13-9)14-4-5-17-8(6-14)10(15)16-3/h7-8H,4-6H2,1-3H3. The number of methoxy groups -OCH3 is 1. The molecule has 1 aliphatic heterocycles. The summed E-state index contributed by atoms with van der Waals surface area (Å²) in [6, 6.07) is 0. The smallest absolute Gasteiger partial charge is 0.336 e. The van der Waals surface area contributed by atoms with Crippen molar-refractivity contribution in [1.82, 2.24) is 9.36 Å². The molecule has 0 bridgehead atoms. The second kappa shape index (κ2) is 5.62. The molecule has 2 heterocycles. The third-order valence-corrected chi connectivity index (χ3v) is 3.54. The zero-order chi connectivity index (χ0) is 13.1. The van der Waals surface area contributed by atoms with Crippen LogP contribution in [-0.2, 0) is 14.3 Å². The predicted octanol–water partition coefficient (Wildman–Crippen LogP) is 1.04. The van der Waals surface area contributed by atoms with Crippen LogP contribution < -0.4 is 4.90 Å². The number of hydrogen-bond acceptors (Lipinski definition) is 7. The summed E-state index contributed by atoms with van der Waals surface area (Å²) in [5.74, 6) is 0.817. The van der Waals surface area contributed by atoms with Crippen molar-refractivity contribution in [2.45, 2.75) is 25.9 Å². The number of carbonyl (C=O) groups is 1. The highest BCUT2D eigenvalue weighted by molar-refractivity contribution is 7.09. The van der Waals surface area contributed by atoms with E-state index in [1.807, 2.05) is 4.90 Å². The van der Waals surface area contributed by atoms with Crippen LogP contribution in [0, 0.1) is 0 Å². The van der Waals surface area contributed by atoms with Crippen molar-refractivity contribution < 1.29 is 14.3 Å². The topological polar surface area (TPSA) is 64.5 Å². The van der Waals surface area contributed by atoms with E-state index in [-0.39, 0.29) is 5.97 Å². The largest absolute Gasteiger partial charge is 0.467 e. The third kappa shape index (κ3) is 2.78. The predicted molar refractivity (Wildman–Crippen MR) is 68.0 cm³/mol. The fourth-order valence-electron chi connectivity index (χ4n) is 1.69. The molecule has 1 aliphatic rings. The van der Waals surface area contributed by atoms with Gasteiger partial charge in [0.1, 0.15) is 5.82 Å². The normalized spacial score (nSPS) is 20.2. The number of nitrogens with zero attached hydrogens (tertiary/aromatic N) is 3. The summed E-state index contributed by atoms with van der Waals surface area (Å²) in [5.41, 5.74) is 0. The Hall–Kier alpha value is -1.21. The molecule has 0 aromatic carbocycles. The van der Waals surface area contributed by atoms with Crippen LogP contribution in [0.4, 0.5) is 5.13 Å². The zero-order valence-corrected chi connectivity index (χ0v) is 11.6. The molecule has 0 N–H and O–H groups in total. The lowest BCUT2D eigenvalue weighted by molar-refractivity contribution is -0.154. The summed E-state index contributed by atoms with van der Waals surface area (Å²) in [6.45, 7) is 5.81. The molecule has 1 unspecified atom stereocenters. The van der Waals surface area contributed by atoms with Crippen LogP contribution in [0.25, 0.3) is 0 Å². The maximum atomic E-state index is 11.5. The van der Waals surface area contributed by atoms with E-state index in [9.17, 15) is 4.79 Å². The first-order chi connectivity index (χ1) is 8.61. The van der Waals surface area contributed by atoms with E-state index in [0.717, 1.165) is 17.5 Å². The fourth-order valence-corrected chi connectivity index (χ4v) is 2.53. The molecule has 6 nitrogen and oxygen atoms in total. The molecule has 1 saturated heterocycles. The van der Waals surface area contributed by atoms with Gasteiger partial charge in [0.2, 0.25) is 5.13 Å². The minimum absolute atomic E-state index is 0.312. The number of rotatable bonds is 3. The fraction of sp³-hybridized carbons (Fsp3) is 0.727. The highest BCUT2D eigenvalue weighted by atomic mass is 32.1. The number of anilines is 1. The van der Waals surface area contributed by atoms with Gasteiger partial charge in [-0.25, -0.2) is 9.78 Å². The highest BCUT2D eigenvalue weighted by Gasteiger charge is 2.29. The second-order valence-electron chi connectivity index (χ2n) is 4.42. The average molecular weight is 271 g/mol. The molecule has 1 fully saturated rings. The lowest BCUT2D eigenvalue weighted by Gasteiger charge is -2.30. The molecule has 1 atom stereocenters. The van der Waals surface area contributed by atoms with Crippen molar-refractivity contribution in [1.29, 1.82) is 0 Å². The van der Waals surface area contributed by atoms with Gasteiger partial charge in [-0.2, -0.15) is 4.37 Å². The van der Waals surface area contributed by atoms with Gasteiger partial charge in [-0.05, 0) is 0 Å². The van der Waals surface area contributed by atoms with Gasteiger partial charge in [0, 0.05) is 24.0 Å². The van der Waals surface area contributed by atoms with E-state index in [1.54, 1.807) is 0 Å². The lowest BCUT2D eigenvalue weighted by Crippen LogP contribution is -2.46. The number of esters is 1. The number of hydrogen-bond donors (Lipinski definition) is 0. The van der Waals surface area contributed by atoms with Gasteiger partial charge in [-0.3, -0.25) is 0 Å². The first-order valence-electron chi connectivity index (χ1n) is 5.89. The summed E-state index contributed by atoms with van der Waals surface area (Å²) in [7, 11) is 1.37. The molecule has 100 valence electrons. The van der Waals surface area contributed by atoms with Crippen LogP contribution in [0.1, 0.15) is 25.6 Å². The molecule has 0 saturated carbocycles. The van der Waals surface area contributed by atoms with Crippen molar-refractivity contribution in [2.24, 2.45) is 0 Å². The Balaban J connectivity index is 2.05. The van der Waals surface area contributed by atoms with Crippen LogP contribution in [0.3, 0.4) is 0 Å². The van der Waals surface area contributed by atoms with E-state index in [4.69, 9.17) is 9.47 Å². The SMILES string of the molecule is COC(=O)C1CN(c2nc(C(C)C)ns2)CCO1. The summed E-state index contributed by atoms with van der Waals surface area (Å²) in [4.78, 5) is 18.0. The molecule has 1 aromatic heterocycles. The Bertz CT molecular complexity index is 421. The van der Waals surface area contributed by atoms with Gasteiger partial charge in [0.25, 0.3) is 0 Å². The van der Waals surface area contributed by atoms with E-state index < -0.39 is 6.10 Å². The van der Waals surface area contributed by atoms with Crippen molar-refractivity contribution in [3.05, 3.63) is 5.82 Å².